The fourth-order valence-corrected chi connectivity index (χ4v) is 3.48. The van der Waals surface area contributed by atoms with Crippen molar-refractivity contribution >= 4 is 21.7 Å². The Morgan fingerprint density at radius 1 is 1.14 bits per heavy atom. The molecule has 6 nitrogen and oxygen atoms in total. The summed E-state index contributed by atoms with van der Waals surface area (Å²) in [6.07, 6.45) is -3.93. The van der Waals surface area contributed by atoms with Gasteiger partial charge in [0.25, 0.3) is 10.0 Å². The van der Waals surface area contributed by atoms with Gasteiger partial charge in [-0.25, -0.2) is 8.42 Å². The average molecular weight is 431 g/mol. The molecule has 2 aromatic rings. The summed E-state index contributed by atoms with van der Waals surface area (Å²) in [5, 5.41) is 8.69. The molecule has 0 aliphatic rings. The number of aliphatic carboxylic acids is 1. The smallest absolute Gasteiger partial charge is 0.416 e. The molecule has 0 spiro atoms. The summed E-state index contributed by atoms with van der Waals surface area (Å²) < 4.78 is 71.8. The Morgan fingerprint density at radius 2 is 1.79 bits per heavy atom. The van der Waals surface area contributed by atoms with Gasteiger partial charge in [0.1, 0.15) is 5.75 Å². The van der Waals surface area contributed by atoms with Crippen LogP contribution in [-0.2, 0) is 27.4 Å². The quantitative estimate of drug-likeness (QED) is 0.617. The van der Waals surface area contributed by atoms with E-state index in [-0.39, 0.29) is 35.8 Å². The Balaban J connectivity index is 2.31. The molecule has 2 N–H and O–H groups in total. The van der Waals surface area contributed by atoms with Gasteiger partial charge in [-0.3, -0.25) is 9.52 Å². The number of halogens is 3. The first-order chi connectivity index (χ1) is 13.5. The molecule has 0 radical (unpaired) electrons. The Hall–Kier alpha value is -2.75. The zero-order valence-electron chi connectivity index (χ0n) is 15.5. The second-order valence-corrected chi connectivity index (χ2v) is 7.88. The molecular weight excluding hydrogens is 411 g/mol. The normalized spacial score (nSPS) is 11.9. The van der Waals surface area contributed by atoms with Crippen molar-refractivity contribution in [2.24, 2.45) is 0 Å². The van der Waals surface area contributed by atoms with Gasteiger partial charge in [-0.2, -0.15) is 13.2 Å². The van der Waals surface area contributed by atoms with E-state index in [1.165, 1.54) is 24.3 Å². The minimum absolute atomic E-state index is 0.0125. The van der Waals surface area contributed by atoms with Gasteiger partial charge in [0.15, 0.2) is 0 Å². The summed E-state index contributed by atoms with van der Waals surface area (Å²) in [6, 6.07) is 8.02. The van der Waals surface area contributed by atoms with E-state index < -0.39 is 27.7 Å². The SMILES string of the molecule is CCCOc1ccc(C(F)(F)F)cc1NS(=O)(=O)c1ccc(CCC(=O)O)cc1. The Morgan fingerprint density at radius 3 is 2.34 bits per heavy atom. The molecule has 0 aliphatic heterocycles. The van der Waals surface area contributed by atoms with E-state index in [0.29, 0.717) is 18.1 Å². The fraction of sp³-hybridized carbons (Fsp3) is 0.316. The molecule has 2 rings (SSSR count). The van der Waals surface area contributed by atoms with Crippen LogP contribution in [0.5, 0.6) is 5.75 Å². The molecule has 158 valence electrons. The van der Waals surface area contributed by atoms with Crippen molar-refractivity contribution in [2.75, 3.05) is 11.3 Å². The standard InChI is InChI=1S/C19H20F3NO5S/c1-2-11-28-17-9-6-14(19(20,21)22)12-16(17)23-29(26,27)15-7-3-13(4-8-15)5-10-18(24)25/h3-4,6-9,12,23H,2,5,10-11H2,1H3,(H,24,25). The molecule has 0 saturated heterocycles. The zero-order chi connectivity index (χ0) is 21.7. The molecule has 0 heterocycles. The molecule has 0 fully saturated rings. The van der Waals surface area contributed by atoms with Crippen molar-refractivity contribution in [2.45, 2.75) is 37.3 Å². The maximum Gasteiger partial charge on any atom is 0.416 e. The second kappa shape index (κ2) is 9.17. The van der Waals surface area contributed by atoms with Crippen LogP contribution < -0.4 is 9.46 Å². The predicted octanol–water partition coefficient (Wildman–Crippen LogP) is 4.31. The van der Waals surface area contributed by atoms with E-state index in [0.717, 1.165) is 12.1 Å². The lowest BCUT2D eigenvalue weighted by molar-refractivity contribution is -0.138. The molecule has 0 aromatic heterocycles. The van der Waals surface area contributed by atoms with Gasteiger partial charge in [0.2, 0.25) is 0 Å². The van der Waals surface area contributed by atoms with Gasteiger partial charge in [0, 0.05) is 6.42 Å². The third kappa shape index (κ3) is 6.38. The molecule has 0 aliphatic carbocycles. The lowest BCUT2D eigenvalue weighted by Gasteiger charge is -2.16. The highest BCUT2D eigenvalue weighted by molar-refractivity contribution is 7.92. The first kappa shape index (κ1) is 22.5. The summed E-state index contributed by atoms with van der Waals surface area (Å²) in [7, 11) is -4.18. The molecule has 10 heteroatoms. The molecule has 0 unspecified atom stereocenters. The van der Waals surface area contributed by atoms with E-state index in [4.69, 9.17) is 9.84 Å². The van der Waals surface area contributed by atoms with Crippen molar-refractivity contribution in [3.05, 3.63) is 53.6 Å². The number of carbonyl (C=O) groups is 1. The largest absolute Gasteiger partial charge is 0.491 e. The monoisotopic (exact) mass is 431 g/mol. The maximum absolute atomic E-state index is 13.0. The first-order valence-corrected chi connectivity index (χ1v) is 10.2. The Bertz CT molecular complexity index is 957. The third-order valence-corrected chi connectivity index (χ3v) is 5.26. The number of sulfonamides is 1. The van der Waals surface area contributed by atoms with Crippen LogP contribution in [-0.4, -0.2) is 26.1 Å². The number of anilines is 1. The van der Waals surface area contributed by atoms with Crippen LogP contribution >= 0.6 is 0 Å². The van der Waals surface area contributed by atoms with Crippen molar-refractivity contribution in [1.29, 1.82) is 0 Å². The fourth-order valence-electron chi connectivity index (χ4n) is 2.41. The summed E-state index contributed by atoms with van der Waals surface area (Å²) in [5.74, 6) is -0.992. The number of benzene rings is 2. The van der Waals surface area contributed by atoms with Crippen LogP contribution in [0.2, 0.25) is 0 Å². The molecule has 0 bridgehead atoms. The van der Waals surface area contributed by atoms with Gasteiger partial charge < -0.3 is 9.84 Å². The molecule has 0 atom stereocenters. The second-order valence-electron chi connectivity index (χ2n) is 6.20. The van der Waals surface area contributed by atoms with E-state index in [2.05, 4.69) is 4.72 Å². The minimum Gasteiger partial charge on any atom is -0.491 e. The minimum atomic E-state index is -4.64. The molecular formula is C19H20F3NO5S. The number of ether oxygens (including phenoxy) is 1. The first-order valence-electron chi connectivity index (χ1n) is 8.70. The zero-order valence-corrected chi connectivity index (χ0v) is 16.3. The summed E-state index contributed by atoms with van der Waals surface area (Å²) >= 11 is 0. The highest BCUT2D eigenvalue weighted by Crippen LogP contribution is 2.36. The van der Waals surface area contributed by atoms with Crippen LogP contribution in [0.15, 0.2) is 47.4 Å². The number of carboxylic acid groups (broad SMARTS) is 1. The maximum atomic E-state index is 13.0. The topological polar surface area (TPSA) is 92.7 Å². The average Bonchev–Trinajstić information content (AvgIpc) is 2.64. The van der Waals surface area contributed by atoms with Gasteiger partial charge in [-0.1, -0.05) is 19.1 Å². The summed E-state index contributed by atoms with van der Waals surface area (Å²) in [6.45, 7) is 2.01. The number of hydrogen-bond donors (Lipinski definition) is 2. The van der Waals surface area contributed by atoms with Gasteiger partial charge >= 0.3 is 12.1 Å². The van der Waals surface area contributed by atoms with E-state index in [1.54, 1.807) is 6.92 Å². The van der Waals surface area contributed by atoms with Gasteiger partial charge in [-0.05, 0) is 48.7 Å². The van der Waals surface area contributed by atoms with E-state index in [1.807, 2.05) is 0 Å². The van der Waals surface area contributed by atoms with Gasteiger partial charge in [-0.15, -0.1) is 0 Å². The number of nitrogens with one attached hydrogen (secondary N) is 1. The molecule has 0 saturated carbocycles. The molecule has 29 heavy (non-hydrogen) atoms. The Kier molecular flexibility index (Phi) is 7.12. The third-order valence-electron chi connectivity index (χ3n) is 3.87. The highest BCUT2D eigenvalue weighted by atomic mass is 32.2. The number of hydrogen-bond acceptors (Lipinski definition) is 4. The van der Waals surface area contributed by atoms with Crippen LogP contribution in [0.4, 0.5) is 18.9 Å². The molecule has 2 aromatic carbocycles. The number of carboxylic acids is 1. The number of rotatable bonds is 9. The van der Waals surface area contributed by atoms with Crippen molar-refractivity contribution in [3.63, 3.8) is 0 Å². The van der Waals surface area contributed by atoms with E-state index in [9.17, 15) is 26.4 Å². The van der Waals surface area contributed by atoms with Crippen molar-refractivity contribution < 1.29 is 36.2 Å². The number of alkyl halides is 3. The summed E-state index contributed by atoms with van der Waals surface area (Å²) in [4.78, 5) is 10.4. The lowest BCUT2D eigenvalue weighted by Crippen LogP contribution is -2.15. The van der Waals surface area contributed by atoms with Crippen molar-refractivity contribution in [1.82, 2.24) is 0 Å². The van der Waals surface area contributed by atoms with Crippen LogP contribution in [0, 0.1) is 0 Å². The molecule has 0 amide bonds. The predicted molar refractivity (Wildman–Crippen MR) is 100 cm³/mol. The van der Waals surface area contributed by atoms with E-state index >= 15 is 0 Å². The van der Waals surface area contributed by atoms with Crippen LogP contribution in [0.1, 0.15) is 30.9 Å². The Labute approximate surface area is 166 Å². The van der Waals surface area contributed by atoms with Gasteiger partial charge in [0.05, 0.1) is 22.8 Å². The van der Waals surface area contributed by atoms with Crippen molar-refractivity contribution in [3.8, 4) is 5.75 Å². The summed E-state index contributed by atoms with van der Waals surface area (Å²) in [5.41, 5.74) is -0.705. The van der Waals surface area contributed by atoms with Crippen LogP contribution in [0.3, 0.4) is 0 Å². The highest BCUT2D eigenvalue weighted by Gasteiger charge is 2.32. The van der Waals surface area contributed by atoms with Crippen LogP contribution in [0.25, 0.3) is 0 Å². The number of aryl methyl sites for hydroxylation is 1. The lowest BCUT2D eigenvalue weighted by atomic mass is 10.1.